The zero-order valence-corrected chi connectivity index (χ0v) is 24.3. The molecular formula is C32H41N3O6. The van der Waals surface area contributed by atoms with E-state index in [0.717, 1.165) is 5.56 Å². The van der Waals surface area contributed by atoms with Gasteiger partial charge >= 0.3 is 0 Å². The Hall–Kier alpha value is -3.43. The van der Waals surface area contributed by atoms with Crippen LogP contribution in [0.15, 0.2) is 54.6 Å². The minimum Gasteiger partial charge on any atom is -0.497 e. The lowest BCUT2D eigenvalue weighted by Gasteiger charge is -2.39. The van der Waals surface area contributed by atoms with Crippen molar-refractivity contribution in [3.8, 4) is 5.75 Å². The van der Waals surface area contributed by atoms with Gasteiger partial charge in [-0.1, -0.05) is 57.5 Å². The first-order valence-electron chi connectivity index (χ1n) is 14.6. The second-order valence-electron chi connectivity index (χ2n) is 11.6. The molecule has 3 aliphatic rings. The number of hydrogen-bond donors (Lipinski definition) is 3. The minimum atomic E-state index is -1.17. The number of ether oxygens (including phenoxy) is 2. The average Bonchev–Trinajstić information content (AvgIpc) is 3.61. The van der Waals surface area contributed by atoms with Crippen molar-refractivity contribution in [1.82, 2.24) is 10.2 Å². The Labute approximate surface area is 241 Å². The summed E-state index contributed by atoms with van der Waals surface area (Å²) >= 11 is 0. The SMILES string of the molecule is CC[C@H](C)[C@H](CO)N1C(=O)[C@@H]2[C@@H](C(=O)NCc3ccccc3)[C@@]3(CC)CCC2(O3)C1C(=O)Nc1ccc(OC)cc1. The van der Waals surface area contributed by atoms with Crippen LogP contribution in [-0.4, -0.2) is 64.7 Å². The van der Waals surface area contributed by atoms with Gasteiger partial charge in [0.15, 0.2) is 0 Å². The van der Waals surface area contributed by atoms with E-state index in [1.807, 2.05) is 51.1 Å². The van der Waals surface area contributed by atoms with Crippen LogP contribution in [0, 0.1) is 17.8 Å². The largest absolute Gasteiger partial charge is 0.497 e. The monoisotopic (exact) mass is 563 g/mol. The highest BCUT2D eigenvalue weighted by Gasteiger charge is 2.79. The first-order valence-corrected chi connectivity index (χ1v) is 14.6. The van der Waals surface area contributed by atoms with Gasteiger partial charge in [-0.2, -0.15) is 0 Å². The second kappa shape index (κ2) is 11.4. The molecule has 2 bridgehead atoms. The molecule has 9 nitrogen and oxygen atoms in total. The van der Waals surface area contributed by atoms with Crippen LogP contribution in [0.2, 0.25) is 0 Å². The van der Waals surface area contributed by atoms with Crippen LogP contribution >= 0.6 is 0 Å². The summed E-state index contributed by atoms with van der Waals surface area (Å²) in [5.41, 5.74) is -0.489. The van der Waals surface area contributed by atoms with Crippen LogP contribution < -0.4 is 15.4 Å². The maximum absolute atomic E-state index is 14.4. The number of aliphatic hydroxyl groups excluding tert-OH is 1. The maximum atomic E-state index is 14.4. The number of rotatable bonds is 11. The third kappa shape index (κ3) is 4.78. The lowest BCUT2D eigenvalue weighted by Crippen LogP contribution is -2.57. The third-order valence-corrected chi connectivity index (χ3v) is 9.66. The van der Waals surface area contributed by atoms with Crippen molar-refractivity contribution in [2.45, 2.75) is 76.3 Å². The van der Waals surface area contributed by atoms with Gasteiger partial charge in [-0.25, -0.2) is 0 Å². The van der Waals surface area contributed by atoms with E-state index < -0.39 is 35.1 Å². The van der Waals surface area contributed by atoms with Crippen LogP contribution in [0.4, 0.5) is 5.69 Å². The van der Waals surface area contributed by atoms with Gasteiger partial charge in [0, 0.05) is 12.2 Å². The van der Waals surface area contributed by atoms with Gasteiger partial charge in [-0.05, 0) is 55.0 Å². The summed E-state index contributed by atoms with van der Waals surface area (Å²) in [5.74, 6) is -1.90. The van der Waals surface area contributed by atoms with Gasteiger partial charge in [-0.15, -0.1) is 0 Å². The van der Waals surface area contributed by atoms with E-state index >= 15 is 0 Å². The molecule has 7 atom stereocenters. The van der Waals surface area contributed by atoms with E-state index in [0.29, 0.717) is 43.7 Å². The van der Waals surface area contributed by atoms with E-state index in [1.165, 1.54) is 0 Å². The van der Waals surface area contributed by atoms with Crippen molar-refractivity contribution in [3.63, 3.8) is 0 Å². The Balaban J connectivity index is 1.52. The van der Waals surface area contributed by atoms with Gasteiger partial charge in [0.05, 0.1) is 37.2 Å². The Morgan fingerprint density at radius 2 is 1.80 bits per heavy atom. The van der Waals surface area contributed by atoms with E-state index in [9.17, 15) is 19.5 Å². The van der Waals surface area contributed by atoms with Crippen LogP contribution in [0.25, 0.3) is 0 Å². The van der Waals surface area contributed by atoms with Crippen molar-refractivity contribution in [2.24, 2.45) is 17.8 Å². The van der Waals surface area contributed by atoms with Crippen LogP contribution in [0.5, 0.6) is 5.75 Å². The molecule has 0 aromatic heterocycles. The zero-order valence-electron chi connectivity index (χ0n) is 24.3. The summed E-state index contributed by atoms with van der Waals surface area (Å²) in [6.45, 7) is 5.98. The molecule has 0 saturated carbocycles. The Morgan fingerprint density at radius 1 is 1.10 bits per heavy atom. The number of carbonyl (C=O) groups excluding carboxylic acids is 3. The van der Waals surface area contributed by atoms with Crippen LogP contribution in [-0.2, 0) is 25.7 Å². The number of amides is 3. The Bertz CT molecular complexity index is 1270. The fourth-order valence-corrected chi connectivity index (χ4v) is 7.31. The number of methoxy groups -OCH3 is 1. The number of hydrogen-bond acceptors (Lipinski definition) is 6. The summed E-state index contributed by atoms with van der Waals surface area (Å²) in [7, 11) is 1.57. The highest BCUT2D eigenvalue weighted by molar-refractivity contribution is 6.04. The number of benzene rings is 2. The Morgan fingerprint density at radius 3 is 2.41 bits per heavy atom. The molecule has 9 heteroatoms. The minimum absolute atomic E-state index is 0.0712. The van der Waals surface area contributed by atoms with Crippen molar-refractivity contribution >= 4 is 23.4 Å². The van der Waals surface area contributed by atoms with Crippen molar-refractivity contribution in [1.29, 1.82) is 0 Å². The molecule has 3 fully saturated rings. The molecule has 2 aromatic carbocycles. The summed E-state index contributed by atoms with van der Waals surface area (Å²) < 4.78 is 12.1. The smallest absolute Gasteiger partial charge is 0.250 e. The van der Waals surface area contributed by atoms with Crippen LogP contribution in [0.3, 0.4) is 0 Å². The quantitative estimate of drug-likeness (QED) is 0.385. The molecule has 3 aliphatic heterocycles. The van der Waals surface area contributed by atoms with E-state index in [-0.39, 0.29) is 30.2 Å². The lowest BCUT2D eigenvalue weighted by molar-refractivity contribution is -0.150. The molecule has 3 amide bonds. The summed E-state index contributed by atoms with van der Waals surface area (Å²) in [6.07, 6.45) is 2.31. The average molecular weight is 564 g/mol. The van der Waals surface area contributed by atoms with Gasteiger partial charge in [0.1, 0.15) is 17.4 Å². The van der Waals surface area contributed by atoms with Crippen LogP contribution in [0.1, 0.15) is 52.0 Å². The molecule has 0 aliphatic carbocycles. The molecule has 2 aromatic rings. The van der Waals surface area contributed by atoms with Crippen molar-refractivity contribution in [3.05, 3.63) is 60.2 Å². The standard InChI is InChI=1S/C32H41N3O6/c1-5-20(3)24(19-36)35-27(29(38)34-22-12-14-23(40-4)15-13-22)32-17-16-31(6-2,41-32)25(26(32)30(35)39)28(37)33-18-21-10-8-7-9-11-21/h7-15,20,24-27,36H,5-6,16-19H2,1-4H3,(H,33,37)(H,34,38)/t20-,24-,25-,26-,27?,31+,32?/m0/s1. The van der Waals surface area contributed by atoms with Crippen molar-refractivity contribution < 1.29 is 29.0 Å². The number of carbonyl (C=O) groups is 3. The van der Waals surface area contributed by atoms with Crippen molar-refractivity contribution in [2.75, 3.05) is 19.0 Å². The number of fused-ring (bicyclic) bond motifs is 1. The topological polar surface area (TPSA) is 117 Å². The molecule has 220 valence electrons. The van der Waals surface area contributed by atoms with Gasteiger partial charge in [-0.3, -0.25) is 14.4 Å². The fourth-order valence-electron chi connectivity index (χ4n) is 7.31. The summed E-state index contributed by atoms with van der Waals surface area (Å²) in [5, 5.41) is 16.5. The molecular weight excluding hydrogens is 522 g/mol. The first-order chi connectivity index (χ1) is 19.7. The number of nitrogens with one attached hydrogen (secondary N) is 2. The number of nitrogens with zero attached hydrogens (tertiary/aromatic N) is 1. The molecule has 0 radical (unpaired) electrons. The molecule has 41 heavy (non-hydrogen) atoms. The highest BCUT2D eigenvalue weighted by atomic mass is 16.5. The summed E-state index contributed by atoms with van der Waals surface area (Å²) in [6, 6.07) is 15.0. The number of likely N-dealkylation sites (tertiary alicyclic amines) is 1. The van der Waals surface area contributed by atoms with E-state index in [4.69, 9.17) is 9.47 Å². The molecule has 3 N–H and O–H groups in total. The Kier molecular flexibility index (Phi) is 8.12. The number of aliphatic hydroxyl groups is 1. The predicted molar refractivity (Wildman–Crippen MR) is 154 cm³/mol. The lowest BCUT2D eigenvalue weighted by atomic mass is 9.65. The highest BCUT2D eigenvalue weighted by Crippen LogP contribution is 2.64. The molecule has 5 rings (SSSR count). The maximum Gasteiger partial charge on any atom is 0.250 e. The normalized spacial score (nSPS) is 29.6. The van der Waals surface area contributed by atoms with E-state index in [1.54, 1.807) is 36.3 Å². The molecule has 3 heterocycles. The van der Waals surface area contributed by atoms with E-state index in [2.05, 4.69) is 10.6 Å². The predicted octanol–water partition coefficient (Wildman–Crippen LogP) is 3.51. The molecule has 2 unspecified atom stereocenters. The third-order valence-electron chi connectivity index (χ3n) is 9.66. The molecule has 1 spiro atoms. The van der Waals surface area contributed by atoms with Gasteiger partial charge < -0.3 is 30.1 Å². The van der Waals surface area contributed by atoms with Gasteiger partial charge in [0.25, 0.3) is 0 Å². The van der Waals surface area contributed by atoms with Gasteiger partial charge in [0.2, 0.25) is 17.7 Å². The zero-order chi connectivity index (χ0) is 29.4. The second-order valence-corrected chi connectivity index (χ2v) is 11.6. The fraction of sp³-hybridized carbons (Fsp3) is 0.531. The summed E-state index contributed by atoms with van der Waals surface area (Å²) in [4.78, 5) is 44.1. The number of anilines is 1. The molecule has 3 saturated heterocycles. The first kappa shape index (κ1) is 29.1.